The number of amides is 1. The molecule has 0 saturated carbocycles. The first-order valence-corrected chi connectivity index (χ1v) is 7.80. The van der Waals surface area contributed by atoms with Crippen LogP contribution in [-0.4, -0.2) is 16.2 Å². The highest BCUT2D eigenvalue weighted by atomic mass is 32.2. The number of nitrogens with two attached hydrogens (primary N) is 1. The second kappa shape index (κ2) is 7.05. The zero-order chi connectivity index (χ0) is 16.1. The molecule has 0 bridgehead atoms. The van der Waals surface area contributed by atoms with Gasteiger partial charge >= 0.3 is 0 Å². The molecule has 1 aromatic heterocycles. The first-order valence-electron chi connectivity index (χ1n) is 6.82. The number of carbonyl (C=O) groups is 1. The summed E-state index contributed by atoms with van der Waals surface area (Å²) in [5.41, 5.74) is 8.93. The molecule has 0 aliphatic carbocycles. The molecule has 1 heterocycles. The molecule has 2 rings (SSSR count). The number of rotatable bonds is 6. The lowest BCUT2D eigenvalue weighted by atomic mass is 10.2. The fraction of sp³-hybridized carbons (Fsp3) is 0.250. The third kappa shape index (κ3) is 3.62. The summed E-state index contributed by atoms with van der Waals surface area (Å²) in [6.07, 6.45) is 0. The van der Waals surface area contributed by atoms with Crippen LogP contribution < -0.4 is 11.1 Å². The molecule has 1 aromatic carbocycles. The van der Waals surface area contributed by atoms with Gasteiger partial charge in [-0.2, -0.15) is 5.26 Å². The van der Waals surface area contributed by atoms with Crippen LogP contribution in [0, 0.1) is 18.3 Å². The molecule has 1 amide bonds. The van der Waals surface area contributed by atoms with Gasteiger partial charge in [0.05, 0.1) is 5.75 Å². The Morgan fingerprint density at radius 2 is 2.18 bits per heavy atom. The third-order valence-electron chi connectivity index (χ3n) is 3.48. The van der Waals surface area contributed by atoms with Gasteiger partial charge in [0.2, 0.25) is 5.91 Å². The smallest absolute Gasteiger partial charge is 0.227 e. The molecule has 3 N–H and O–H groups in total. The number of benzene rings is 1. The number of thioether (sulfide) groups is 1. The highest BCUT2D eigenvalue weighted by Crippen LogP contribution is 2.27. The van der Waals surface area contributed by atoms with Crippen LogP contribution in [0.15, 0.2) is 35.2 Å². The number of primary amides is 1. The maximum Gasteiger partial charge on any atom is 0.227 e. The number of hydrogen-bond acceptors (Lipinski definition) is 4. The van der Waals surface area contributed by atoms with E-state index in [-0.39, 0.29) is 11.7 Å². The maximum atomic E-state index is 10.9. The Kier molecular flexibility index (Phi) is 5.12. The van der Waals surface area contributed by atoms with Crippen LogP contribution in [0.5, 0.6) is 0 Å². The van der Waals surface area contributed by atoms with Crippen LogP contribution in [0.25, 0.3) is 0 Å². The summed E-state index contributed by atoms with van der Waals surface area (Å²) in [6, 6.07) is 11.9. The van der Waals surface area contributed by atoms with Crippen molar-refractivity contribution in [2.45, 2.75) is 18.4 Å². The number of nitrogens with one attached hydrogen (secondary N) is 1. The number of nitrogens with zero attached hydrogens (tertiary/aromatic N) is 2. The van der Waals surface area contributed by atoms with Crippen molar-refractivity contribution >= 4 is 23.4 Å². The van der Waals surface area contributed by atoms with E-state index in [1.165, 1.54) is 11.8 Å². The molecule has 0 fully saturated rings. The van der Waals surface area contributed by atoms with E-state index >= 15 is 0 Å². The van der Waals surface area contributed by atoms with Crippen LogP contribution >= 0.6 is 11.8 Å². The summed E-state index contributed by atoms with van der Waals surface area (Å²) >= 11 is 1.41. The van der Waals surface area contributed by atoms with Crippen molar-refractivity contribution in [3.63, 3.8) is 0 Å². The Hall–Kier alpha value is -2.39. The highest BCUT2D eigenvalue weighted by Gasteiger charge is 2.09. The van der Waals surface area contributed by atoms with E-state index in [0.717, 1.165) is 21.8 Å². The number of carbonyl (C=O) groups excluding carboxylic acids is 1. The van der Waals surface area contributed by atoms with Gasteiger partial charge in [0, 0.05) is 29.9 Å². The largest absolute Gasteiger partial charge is 0.380 e. The van der Waals surface area contributed by atoms with Crippen LogP contribution in [-0.2, 0) is 18.4 Å². The molecule has 0 aliphatic heterocycles. The van der Waals surface area contributed by atoms with Crippen molar-refractivity contribution in [1.82, 2.24) is 4.57 Å². The molecule has 6 heteroatoms. The molecule has 114 valence electrons. The van der Waals surface area contributed by atoms with E-state index in [2.05, 4.69) is 11.4 Å². The van der Waals surface area contributed by atoms with E-state index < -0.39 is 0 Å². The third-order valence-corrected chi connectivity index (χ3v) is 4.58. The first kappa shape index (κ1) is 16.0. The van der Waals surface area contributed by atoms with Crippen molar-refractivity contribution in [3.8, 4) is 6.07 Å². The monoisotopic (exact) mass is 314 g/mol. The second-order valence-electron chi connectivity index (χ2n) is 4.92. The number of anilines is 1. The molecule has 0 saturated heterocycles. The molecule has 22 heavy (non-hydrogen) atoms. The predicted molar refractivity (Wildman–Crippen MR) is 88.6 cm³/mol. The molecule has 5 nitrogen and oxygen atoms in total. The van der Waals surface area contributed by atoms with Crippen molar-refractivity contribution in [3.05, 3.63) is 47.3 Å². The van der Waals surface area contributed by atoms with Gasteiger partial charge in [0.1, 0.15) is 11.8 Å². The fourth-order valence-corrected chi connectivity index (χ4v) is 2.89. The molecule has 0 unspecified atom stereocenters. The van der Waals surface area contributed by atoms with Gasteiger partial charge in [0.15, 0.2) is 0 Å². The molecular formula is C16H18N4OS. The van der Waals surface area contributed by atoms with E-state index in [0.29, 0.717) is 12.2 Å². The van der Waals surface area contributed by atoms with Crippen molar-refractivity contribution in [2.24, 2.45) is 12.8 Å². The van der Waals surface area contributed by atoms with Crippen LogP contribution in [0.1, 0.15) is 17.0 Å². The van der Waals surface area contributed by atoms with Crippen LogP contribution in [0.3, 0.4) is 0 Å². The molecule has 0 aliphatic rings. The SMILES string of the molecule is Cc1c(CNc2ccccc2SCC(N)=O)cc(C#N)n1C. The van der Waals surface area contributed by atoms with Gasteiger partial charge in [-0.25, -0.2) is 0 Å². The number of hydrogen-bond donors (Lipinski definition) is 2. The van der Waals surface area contributed by atoms with Crippen molar-refractivity contribution < 1.29 is 4.79 Å². The zero-order valence-electron chi connectivity index (χ0n) is 12.6. The number of aromatic nitrogens is 1. The second-order valence-corrected chi connectivity index (χ2v) is 5.93. The Morgan fingerprint density at radius 1 is 1.45 bits per heavy atom. The summed E-state index contributed by atoms with van der Waals surface area (Å²) in [5.74, 6) is -0.0841. The molecule has 0 atom stereocenters. The number of para-hydroxylation sites is 1. The van der Waals surface area contributed by atoms with Gasteiger partial charge in [-0.15, -0.1) is 11.8 Å². The predicted octanol–water partition coefficient (Wildman–Crippen LogP) is 2.39. The fourth-order valence-electron chi connectivity index (χ4n) is 2.13. The van der Waals surface area contributed by atoms with Gasteiger partial charge < -0.3 is 15.6 Å². The van der Waals surface area contributed by atoms with E-state index in [1.54, 1.807) is 0 Å². The average molecular weight is 314 g/mol. The molecule has 0 spiro atoms. The normalized spacial score (nSPS) is 10.2. The van der Waals surface area contributed by atoms with Crippen molar-refractivity contribution in [1.29, 1.82) is 5.26 Å². The van der Waals surface area contributed by atoms with E-state index in [1.807, 2.05) is 48.9 Å². The van der Waals surface area contributed by atoms with Gasteiger partial charge in [0.25, 0.3) is 0 Å². The topological polar surface area (TPSA) is 83.8 Å². The van der Waals surface area contributed by atoms with Gasteiger partial charge in [-0.1, -0.05) is 12.1 Å². The minimum Gasteiger partial charge on any atom is -0.380 e. The molecule has 0 radical (unpaired) electrons. The lowest BCUT2D eigenvalue weighted by Crippen LogP contribution is -2.13. The average Bonchev–Trinajstić information content (AvgIpc) is 2.79. The molecule has 2 aromatic rings. The lowest BCUT2D eigenvalue weighted by Gasteiger charge is -2.11. The van der Waals surface area contributed by atoms with Crippen molar-refractivity contribution in [2.75, 3.05) is 11.1 Å². The van der Waals surface area contributed by atoms with Gasteiger partial charge in [-0.05, 0) is 30.7 Å². The Balaban J connectivity index is 2.12. The highest BCUT2D eigenvalue weighted by molar-refractivity contribution is 8.00. The number of nitriles is 1. The quantitative estimate of drug-likeness (QED) is 0.802. The summed E-state index contributed by atoms with van der Waals surface area (Å²) in [5, 5.41) is 12.4. The summed E-state index contributed by atoms with van der Waals surface area (Å²) in [7, 11) is 1.88. The zero-order valence-corrected chi connectivity index (χ0v) is 13.4. The Morgan fingerprint density at radius 3 is 2.82 bits per heavy atom. The van der Waals surface area contributed by atoms with Gasteiger partial charge in [-0.3, -0.25) is 4.79 Å². The van der Waals surface area contributed by atoms with E-state index in [9.17, 15) is 4.79 Å². The molecular weight excluding hydrogens is 296 g/mol. The lowest BCUT2D eigenvalue weighted by molar-refractivity contribution is -0.115. The van der Waals surface area contributed by atoms with Crippen LogP contribution in [0.2, 0.25) is 0 Å². The summed E-state index contributed by atoms with van der Waals surface area (Å²) in [4.78, 5) is 11.9. The minimum atomic E-state index is -0.336. The van der Waals surface area contributed by atoms with E-state index in [4.69, 9.17) is 11.0 Å². The standard InChI is InChI=1S/C16H18N4OS/c1-11-12(7-13(8-17)20(11)2)9-19-14-5-3-4-6-15(14)22-10-16(18)21/h3-7,19H,9-10H2,1-2H3,(H2,18,21). The maximum absolute atomic E-state index is 10.9. The van der Waals surface area contributed by atoms with Crippen LogP contribution in [0.4, 0.5) is 5.69 Å². The summed E-state index contributed by atoms with van der Waals surface area (Å²) in [6.45, 7) is 2.61. The Labute approximate surface area is 134 Å². The minimum absolute atomic E-state index is 0.252. The summed E-state index contributed by atoms with van der Waals surface area (Å²) < 4.78 is 1.88. The first-order chi connectivity index (χ1) is 10.5. The Bertz CT molecular complexity index is 730.